The number of hydrogen-bond acceptors (Lipinski definition) is 1. The van der Waals surface area contributed by atoms with Gasteiger partial charge in [0.2, 0.25) is 0 Å². The zero-order valence-corrected chi connectivity index (χ0v) is 5.44. The molecule has 8 heavy (non-hydrogen) atoms. The molecule has 1 nitrogen and oxygen atoms in total. The van der Waals surface area contributed by atoms with Gasteiger partial charge in [0.05, 0.1) is 6.04 Å². The minimum atomic E-state index is 0.460. The molecule has 0 N–H and O–H groups in total. The first kappa shape index (κ1) is 4.42. The Morgan fingerprint density at radius 3 is 2.38 bits per heavy atom. The Balaban J connectivity index is 2.22. The summed E-state index contributed by atoms with van der Waals surface area (Å²) in [5, 5.41) is 0. The highest BCUT2D eigenvalue weighted by Gasteiger charge is 2.59. The van der Waals surface area contributed by atoms with E-state index in [0.717, 1.165) is 6.04 Å². The van der Waals surface area contributed by atoms with Gasteiger partial charge in [-0.05, 0) is 20.3 Å². The molecular formula is C7H11N. The first-order valence-corrected chi connectivity index (χ1v) is 3.11. The van der Waals surface area contributed by atoms with Gasteiger partial charge in [0, 0.05) is 11.2 Å². The van der Waals surface area contributed by atoms with Crippen LogP contribution in [0.25, 0.3) is 0 Å². The smallest absolute Gasteiger partial charge is 0.0709 e. The topological polar surface area (TPSA) is 3.01 Å². The fourth-order valence-corrected chi connectivity index (χ4v) is 1.76. The molecule has 2 heterocycles. The van der Waals surface area contributed by atoms with E-state index in [4.69, 9.17) is 0 Å². The average Bonchev–Trinajstić information content (AvgIpc) is 2.09. The number of nitrogens with zero attached hydrogens (tertiary/aromatic N) is 1. The highest BCUT2D eigenvalue weighted by molar-refractivity contribution is 5.35. The summed E-state index contributed by atoms with van der Waals surface area (Å²) in [5.41, 5.74) is 1.82. The van der Waals surface area contributed by atoms with Crippen LogP contribution in [0.5, 0.6) is 0 Å². The Bertz CT molecular complexity index is 158. The van der Waals surface area contributed by atoms with Gasteiger partial charge in [-0.3, -0.25) is 0 Å². The number of hydrogen-bond donors (Lipinski definition) is 0. The van der Waals surface area contributed by atoms with Gasteiger partial charge in [0.15, 0.2) is 0 Å². The van der Waals surface area contributed by atoms with Crippen molar-refractivity contribution < 1.29 is 0 Å². The highest BCUT2D eigenvalue weighted by Crippen LogP contribution is 2.54. The Morgan fingerprint density at radius 1 is 1.75 bits per heavy atom. The molecule has 0 radical (unpaired) electrons. The third-order valence-electron chi connectivity index (χ3n) is 2.28. The fraction of sp³-hybridized carbons (Fsp3) is 0.714. The molecule has 0 bridgehead atoms. The van der Waals surface area contributed by atoms with E-state index < -0.39 is 0 Å². The first-order chi connectivity index (χ1) is 3.63. The maximum atomic E-state index is 3.91. The lowest BCUT2D eigenvalue weighted by Gasteiger charge is -2.35. The van der Waals surface area contributed by atoms with Crippen LogP contribution in [-0.4, -0.2) is 16.5 Å². The summed E-state index contributed by atoms with van der Waals surface area (Å²) in [7, 11) is 0. The third kappa shape index (κ3) is 0.271. The molecule has 2 rings (SSSR count). The van der Waals surface area contributed by atoms with Crippen molar-refractivity contribution in [1.29, 1.82) is 0 Å². The van der Waals surface area contributed by atoms with Gasteiger partial charge in [-0.1, -0.05) is 6.58 Å². The molecule has 2 fully saturated rings. The molecule has 44 valence electrons. The lowest BCUT2D eigenvalue weighted by Crippen LogP contribution is -2.42. The van der Waals surface area contributed by atoms with E-state index >= 15 is 0 Å². The molecule has 0 amide bonds. The van der Waals surface area contributed by atoms with E-state index in [1.165, 1.54) is 12.1 Å². The molecular weight excluding hydrogens is 98.1 g/mol. The van der Waals surface area contributed by atoms with Gasteiger partial charge in [-0.2, -0.15) is 0 Å². The van der Waals surface area contributed by atoms with Crippen LogP contribution in [-0.2, 0) is 0 Å². The third-order valence-corrected chi connectivity index (χ3v) is 2.28. The molecule has 0 saturated carbocycles. The van der Waals surface area contributed by atoms with Crippen molar-refractivity contribution in [2.45, 2.75) is 31.8 Å². The largest absolute Gasteiger partial charge is 0.360 e. The van der Waals surface area contributed by atoms with E-state index in [9.17, 15) is 0 Å². The Hall–Kier alpha value is -0.460. The second-order valence-electron chi connectivity index (χ2n) is 3.39. The molecule has 2 aliphatic heterocycles. The highest BCUT2D eigenvalue weighted by atomic mass is 15.4. The van der Waals surface area contributed by atoms with E-state index in [0.29, 0.717) is 5.54 Å². The summed E-state index contributed by atoms with van der Waals surface area (Å²) in [5.74, 6) is 0. The average molecular weight is 109 g/mol. The van der Waals surface area contributed by atoms with Gasteiger partial charge < -0.3 is 4.90 Å². The summed E-state index contributed by atoms with van der Waals surface area (Å²) < 4.78 is 0. The predicted octanol–water partition coefficient (Wildman–Crippen LogP) is 1.37. The molecule has 2 aliphatic rings. The first-order valence-electron chi connectivity index (χ1n) is 3.11. The summed E-state index contributed by atoms with van der Waals surface area (Å²) in [6.45, 7) is 8.44. The van der Waals surface area contributed by atoms with E-state index in [2.05, 4.69) is 25.3 Å². The van der Waals surface area contributed by atoms with Crippen LogP contribution in [0.2, 0.25) is 0 Å². The van der Waals surface area contributed by atoms with E-state index in [-0.39, 0.29) is 0 Å². The zero-order chi connectivity index (χ0) is 5.94. The van der Waals surface area contributed by atoms with Gasteiger partial charge in [0.25, 0.3) is 0 Å². The molecule has 1 unspecified atom stereocenters. The molecule has 0 aromatic rings. The van der Waals surface area contributed by atoms with Crippen molar-refractivity contribution in [2.75, 3.05) is 0 Å². The van der Waals surface area contributed by atoms with Crippen molar-refractivity contribution in [3.8, 4) is 0 Å². The quantitative estimate of drug-likeness (QED) is 0.424. The van der Waals surface area contributed by atoms with Gasteiger partial charge in [-0.15, -0.1) is 0 Å². The van der Waals surface area contributed by atoms with Crippen LogP contribution in [0, 0.1) is 0 Å². The van der Waals surface area contributed by atoms with Crippen molar-refractivity contribution in [1.82, 2.24) is 4.90 Å². The van der Waals surface area contributed by atoms with E-state index in [1.807, 2.05) is 0 Å². The Morgan fingerprint density at radius 2 is 2.38 bits per heavy atom. The summed E-state index contributed by atoms with van der Waals surface area (Å²) >= 11 is 0. The monoisotopic (exact) mass is 109 g/mol. The fourth-order valence-electron chi connectivity index (χ4n) is 1.76. The van der Waals surface area contributed by atoms with Crippen LogP contribution < -0.4 is 0 Å². The predicted molar refractivity (Wildman–Crippen MR) is 33.5 cm³/mol. The van der Waals surface area contributed by atoms with Crippen LogP contribution in [0.15, 0.2) is 12.3 Å². The molecule has 1 heteroatoms. The summed E-state index contributed by atoms with van der Waals surface area (Å²) in [4.78, 5) is 2.38. The Labute approximate surface area is 50.0 Å². The van der Waals surface area contributed by atoms with Crippen molar-refractivity contribution in [3.63, 3.8) is 0 Å². The summed E-state index contributed by atoms with van der Waals surface area (Å²) in [6, 6.07) is 0.782. The van der Waals surface area contributed by atoms with Gasteiger partial charge in [0.1, 0.15) is 0 Å². The Kier molecular flexibility index (Phi) is 0.459. The van der Waals surface area contributed by atoms with Gasteiger partial charge >= 0.3 is 0 Å². The lowest BCUT2D eigenvalue weighted by molar-refractivity contribution is 0.155. The van der Waals surface area contributed by atoms with Crippen molar-refractivity contribution in [3.05, 3.63) is 12.3 Å². The van der Waals surface area contributed by atoms with Crippen LogP contribution in [0.1, 0.15) is 20.3 Å². The molecule has 0 spiro atoms. The molecule has 0 aliphatic carbocycles. The molecule has 2 saturated heterocycles. The van der Waals surface area contributed by atoms with Crippen LogP contribution >= 0.6 is 0 Å². The molecule has 0 aromatic carbocycles. The van der Waals surface area contributed by atoms with Crippen LogP contribution in [0.3, 0.4) is 0 Å². The lowest BCUT2D eigenvalue weighted by atomic mass is 9.93. The number of rotatable bonds is 0. The van der Waals surface area contributed by atoms with Crippen molar-refractivity contribution in [2.24, 2.45) is 0 Å². The maximum Gasteiger partial charge on any atom is 0.0709 e. The zero-order valence-electron chi connectivity index (χ0n) is 5.44. The second-order valence-corrected chi connectivity index (χ2v) is 3.39. The van der Waals surface area contributed by atoms with Crippen LogP contribution in [0.4, 0.5) is 0 Å². The van der Waals surface area contributed by atoms with Gasteiger partial charge in [-0.25, -0.2) is 0 Å². The number of fused-ring (bicyclic) bond motifs is 1. The molecule has 0 aromatic heterocycles. The molecule has 1 atom stereocenters. The normalized spacial score (nSPS) is 38.5. The van der Waals surface area contributed by atoms with Crippen molar-refractivity contribution >= 4 is 0 Å². The standard InChI is InChI=1S/C7H11N/c1-5-6-4-7(2,3)8(5)6/h6H,1,4H2,2-3H3. The SMILES string of the molecule is C=C1C2CC(C)(C)N12. The minimum Gasteiger partial charge on any atom is -0.360 e. The maximum absolute atomic E-state index is 3.91. The van der Waals surface area contributed by atoms with E-state index in [1.54, 1.807) is 0 Å². The minimum absolute atomic E-state index is 0.460. The second kappa shape index (κ2) is 0.831. The summed E-state index contributed by atoms with van der Waals surface area (Å²) in [6.07, 6.45) is 1.33.